The van der Waals surface area contributed by atoms with Crippen LogP contribution in [-0.4, -0.2) is 30.8 Å². The Morgan fingerprint density at radius 3 is 1.93 bits per heavy atom. The van der Waals surface area contributed by atoms with E-state index >= 15 is 0 Å². The molecule has 0 saturated carbocycles. The van der Waals surface area contributed by atoms with E-state index in [1.165, 1.54) is 0 Å². The molecular weight excluding hydrogens is 220 g/mol. The third kappa shape index (κ3) is 10.1. The zero-order chi connectivity index (χ0) is 12.3. The second-order valence-electron chi connectivity index (χ2n) is 4.98. The predicted molar refractivity (Wildman–Crippen MR) is 57.0 cm³/mol. The first-order chi connectivity index (χ1) is 6.41. The van der Waals surface area contributed by atoms with Crippen LogP contribution in [0.1, 0.15) is 41.0 Å². The Labute approximate surface area is 91.7 Å². The van der Waals surface area contributed by atoms with Gasteiger partial charge < -0.3 is 4.74 Å². The highest BCUT2D eigenvalue weighted by atomic mass is 32.3. The molecule has 0 aromatic rings. The number of hydrogen-bond acceptors (Lipinski definition) is 4. The SMILES string of the molecule is CC(C)(C)OCCC(C)(C)OS(=O)(=O)O. The Morgan fingerprint density at radius 1 is 1.13 bits per heavy atom. The predicted octanol–water partition coefficient (Wildman–Crippen LogP) is 1.79. The summed E-state index contributed by atoms with van der Waals surface area (Å²) < 4.78 is 39.4. The molecule has 1 N–H and O–H groups in total. The van der Waals surface area contributed by atoms with Gasteiger partial charge in [-0.1, -0.05) is 0 Å². The minimum Gasteiger partial charge on any atom is -0.376 e. The second kappa shape index (κ2) is 4.78. The molecule has 0 aliphatic heterocycles. The van der Waals surface area contributed by atoms with E-state index in [-0.39, 0.29) is 5.60 Å². The van der Waals surface area contributed by atoms with E-state index in [9.17, 15) is 8.42 Å². The summed E-state index contributed by atoms with van der Waals surface area (Å²) in [6, 6.07) is 0. The van der Waals surface area contributed by atoms with Gasteiger partial charge in [0.15, 0.2) is 0 Å². The quantitative estimate of drug-likeness (QED) is 0.742. The molecule has 0 heterocycles. The largest absolute Gasteiger partial charge is 0.397 e. The summed E-state index contributed by atoms with van der Waals surface area (Å²) in [5.74, 6) is 0. The van der Waals surface area contributed by atoms with Crippen molar-refractivity contribution in [1.29, 1.82) is 0 Å². The van der Waals surface area contributed by atoms with Crippen molar-refractivity contribution in [3.8, 4) is 0 Å². The van der Waals surface area contributed by atoms with Gasteiger partial charge in [0, 0.05) is 6.42 Å². The maximum atomic E-state index is 10.5. The second-order valence-corrected chi connectivity index (χ2v) is 6.00. The first-order valence-corrected chi connectivity index (χ1v) is 6.10. The van der Waals surface area contributed by atoms with Crippen molar-refractivity contribution in [1.82, 2.24) is 0 Å². The van der Waals surface area contributed by atoms with Gasteiger partial charge in [-0.05, 0) is 34.6 Å². The lowest BCUT2D eigenvalue weighted by molar-refractivity contribution is -0.0296. The first kappa shape index (κ1) is 14.8. The van der Waals surface area contributed by atoms with E-state index in [4.69, 9.17) is 9.29 Å². The van der Waals surface area contributed by atoms with Crippen LogP contribution in [0.3, 0.4) is 0 Å². The lowest BCUT2D eigenvalue weighted by atomic mass is 10.1. The third-order valence-electron chi connectivity index (χ3n) is 1.57. The van der Waals surface area contributed by atoms with Gasteiger partial charge in [-0.3, -0.25) is 4.55 Å². The highest BCUT2D eigenvalue weighted by Gasteiger charge is 2.26. The van der Waals surface area contributed by atoms with Gasteiger partial charge in [0.2, 0.25) is 0 Å². The molecule has 0 radical (unpaired) electrons. The van der Waals surface area contributed by atoms with Crippen molar-refractivity contribution in [2.75, 3.05) is 6.61 Å². The molecule has 0 aromatic heterocycles. The average Bonchev–Trinajstić information content (AvgIpc) is 1.75. The fourth-order valence-electron chi connectivity index (χ4n) is 0.930. The van der Waals surface area contributed by atoms with Crippen molar-refractivity contribution in [3.05, 3.63) is 0 Å². The van der Waals surface area contributed by atoms with Crippen LogP contribution in [0.2, 0.25) is 0 Å². The molecule has 0 rings (SSSR count). The van der Waals surface area contributed by atoms with Crippen molar-refractivity contribution < 1.29 is 21.9 Å². The van der Waals surface area contributed by atoms with Gasteiger partial charge in [0.05, 0.1) is 17.8 Å². The van der Waals surface area contributed by atoms with E-state index in [0.717, 1.165) is 0 Å². The molecule has 0 fully saturated rings. The highest BCUT2D eigenvalue weighted by Crippen LogP contribution is 2.18. The third-order valence-corrected chi connectivity index (χ3v) is 2.23. The monoisotopic (exact) mass is 240 g/mol. The van der Waals surface area contributed by atoms with Crippen LogP contribution in [0.5, 0.6) is 0 Å². The average molecular weight is 240 g/mol. The normalized spacial score (nSPS) is 14.3. The van der Waals surface area contributed by atoms with E-state index in [2.05, 4.69) is 4.18 Å². The van der Waals surface area contributed by atoms with Gasteiger partial charge >= 0.3 is 10.4 Å². The van der Waals surface area contributed by atoms with Crippen molar-refractivity contribution in [2.24, 2.45) is 0 Å². The summed E-state index contributed by atoms with van der Waals surface area (Å²) in [5.41, 5.74) is -1.23. The molecule has 0 atom stereocenters. The summed E-state index contributed by atoms with van der Waals surface area (Å²) in [6.07, 6.45) is 0.379. The lowest BCUT2D eigenvalue weighted by Gasteiger charge is -2.25. The van der Waals surface area contributed by atoms with E-state index in [0.29, 0.717) is 13.0 Å². The summed E-state index contributed by atoms with van der Waals surface area (Å²) in [6.45, 7) is 9.24. The maximum absolute atomic E-state index is 10.5. The standard InChI is InChI=1S/C9H20O5S/c1-8(2,3)13-7-6-9(4,5)14-15(10,11)12/h6-7H2,1-5H3,(H,10,11,12). The van der Waals surface area contributed by atoms with Gasteiger partial charge in [0.1, 0.15) is 0 Å². The fraction of sp³-hybridized carbons (Fsp3) is 1.00. The van der Waals surface area contributed by atoms with Gasteiger partial charge in [-0.25, -0.2) is 4.18 Å². The summed E-state index contributed by atoms with van der Waals surface area (Å²) in [7, 11) is -4.40. The Hall–Kier alpha value is -0.170. The molecule has 0 aromatic carbocycles. The van der Waals surface area contributed by atoms with Crippen molar-refractivity contribution in [3.63, 3.8) is 0 Å². The zero-order valence-corrected chi connectivity index (χ0v) is 10.7. The number of hydrogen-bond donors (Lipinski definition) is 1. The van der Waals surface area contributed by atoms with Crippen LogP contribution >= 0.6 is 0 Å². The van der Waals surface area contributed by atoms with Crippen LogP contribution in [0, 0.1) is 0 Å². The molecule has 0 saturated heterocycles. The highest BCUT2D eigenvalue weighted by molar-refractivity contribution is 7.80. The number of rotatable bonds is 5. The number of ether oxygens (including phenoxy) is 1. The maximum Gasteiger partial charge on any atom is 0.397 e. The van der Waals surface area contributed by atoms with Crippen molar-refractivity contribution >= 4 is 10.4 Å². The van der Waals surface area contributed by atoms with E-state index < -0.39 is 16.0 Å². The van der Waals surface area contributed by atoms with Gasteiger partial charge in [-0.15, -0.1) is 0 Å². The Morgan fingerprint density at radius 2 is 1.60 bits per heavy atom. The molecule has 5 nitrogen and oxygen atoms in total. The van der Waals surface area contributed by atoms with Crippen LogP contribution < -0.4 is 0 Å². The Kier molecular flexibility index (Phi) is 4.72. The topological polar surface area (TPSA) is 72.8 Å². The molecule has 92 valence electrons. The Balaban J connectivity index is 4.06. The summed E-state index contributed by atoms with van der Waals surface area (Å²) >= 11 is 0. The first-order valence-electron chi connectivity index (χ1n) is 4.73. The molecule has 6 heteroatoms. The molecule has 15 heavy (non-hydrogen) atoms. The lowest BCUT2D eigenvalue weighted by Crippen LogP contribution is -2.31. The Bertz CT molecular complexity index is 286. The zero-order valence-electron chi connectivity index (χ0n) is 9.90. The molecule has 0 aliphatic carbocycles. The minimum absolute atomic E-state index is 0.270. The molecule has 0 spiro atoms. The minimum atomic E-state index is -4.40. The van der Waals surface area contributed by atoms with Crippen LogP contribution in [0.15, 0.2) is 0 Å². The van der Waals surface area contributed by atoms with Crippen LogP contribution in [0.25, 0.3) is 0 Å². The summed E-state index contributed by atoms with van der Waals surface area (Å²) in [4.78, 5) is 0. The van der Waals surface area contributed by atoms with Gasteiger partial charge in [0.25, 0.3) is 0 Å². The molecular formula is C9H20O5S. The van der Waals surface area contributed by atoms with Crippen molar-refractivity contribution in [2.45, 2.75) is 52.2 Å². The van der Waals surface area contributed by atoms with E-state index in [1.807, 2.05) is 20.8 Å². The smallest absolute Gasteiger partial charge is 0.376 e. The molecule has 0 bridgehead atoms. The molecule has 0 unspecified atom stereocenters. The van der Waals surface area contributed by atoms with E-state index in [1.54, 1.807) is 13.8 Å². The van der Waals surface area contributed by atoms with Gasteiger partial charge in [-0.2, -0.15) is 8.42 Å². The van der Waals surface area contributed by atoms with Crippen LogP contribution in [-0.2, 0) is 19.3 Å². The van der Waals surface area contributed by atoms with Crippen LogP contribution in [0.4, 0.5) is 0 Å². The molecule has 0 amide bonds. The molecule has 0 aliphatic rings. The fourth-order valence-corrected chi connectivity index (χ4v) is 1.58. The summed E-state index contributed by atoms with van der Waals surface area (Å²) in [5, 5.41) is 0.